The fourth-order valence-electron chi connectivity index (χ4n) is 1.78. The van der Waals surface area contributed by atoms with E-state index in [9.17, 15) is 0 Å². The number of hydrogen-bond acceptors (Lipinski definition) is 3. The molecule has 1 heterocycles. The Balaban J connectivity index is 2.07. The minimum atomic E-state index is 0.119. The number of rotatable bonds is 4. The van der Waals surface area contributed by atoms with Crippen molar-refractivity contribution in [2.45, 2.75) is 32.7 Å². The predicted octanol–water partition coefficient (Wildman–Crippen LogP) is 4.64. The Labute approximate surface area is 141 Å². The van der Waals surface area contributed by atoms with E-state index >= 15 is 0 Å². The standard InChI is InChI=1S/C15H18BrIN2O/c1-15(2,3)19-7-6-14-18-9-13(20-14)11-8-10(17)4-5-12(11)16/h4-5,8-9,19H,6-7H2,1-3H3. The molecule has 0 unspecified atom stereocenters. The number of hydrogen-bond donors (Lipinski definition) is 1. The van der Waals surface area contributed by atoms with Gasteiger partial charge in [-0.05, 0) is 61.6 Å². The zero-order valence-electron chi connectivity index (χ0n) is 11.8. The molecule has 1 N–H and O–H groups in total. The summed E-state index contributed by atoms with van der Waals surface area (Å²) in [5, 5.41) is 3.43. The largest absolute Gasteiger partial charge is 0.441 e. The predicted molar refractivity (Wildman–Crippen MR) is 93.8 cm³/mol. The molecule has 0 radical (unpaired) electrons. The maximum absolute atomic E-state index is 5.84. The number of oxazole rings is 1. The van der Waals surface area contributed by atoms with Gasteiger partial charge in [-0.25, -0.2) is 4.98 Å². The Kier molecular flexibility index (Phi) is 5.25. The first kappa shape index (κ1) is 16.0. The normalized spacial score (nSPS) is 11.8. The molecule has 1 aromatic carbocycles. The molecule has 3 nitrogen and oxygen atoms in total. The molecule has 0 aliphatic carbocycles. The van der Waals surface area contributed by atoms with E-state index in [1.165, 1.54) is 3.57 Å². The van der Waals surface area contributed by atoms with Crippen molar-refractivity contribution >= 4 is 38.5 Å². The summed E-state index contributed by atoms with van der Waals surface area (Å²) < 4.78 is 8.03. The van der Waals surface area contributed by atoms with Crippen LogP contribution >= 0.6 is 38.5 Å². The molecule has 0 spiro atoms. The Hall–Kier alpha value is -0.400. The zero-order valence-corrected chi connectivity index (χ0v) is 15.6. The van der Waals surface area contributed by atoms with E-state index in [1.807, 2.05) is 6.07 Å². The lowest BCUT2D eigenvalue weighted by atomic mass is 10.1. The zero-order chi connectivity index (χ0) is 14.8. The molecule has 2 aromatic rings. The number of aromatic nitrogens is 1. The highest BCUT2D eigenvalue weighted by atomic mass is 127. The van der Waals surface area contributed by atoms with Crippen LogP contribution in [0.4, 0.5) is 0 Å². The average molecular weight is 449 g/mol. The summed E-state index contributed by atoms with van der Waals surface area (Å²) in [6, 6.07) is 6.17. The Morgan fingerprint density at radius 1 is 1.35 bits per heavy atom. The van der Waals surface area contributed by atoms with Gasteiger partial charge in [0.1, 0.15) is 0 Å². The summed E-state index contributed by atoms with van der Waals surface area (Å²) >= 11 is 5.85. The van der Waals surface area contributed by atoms with Crippen LogP contribution in [-0.2, 0) is 6.42 Å². The molecule has 0 bridgehead atoms. The molecular formula is C15H18BrIN2O. The van der Waals surface area contributed by atoms with Crippen LogP contribution in [0.3, 0.4) is 0 Å². The number of nitrogens with zero attached hydrogens (tertiary/aromatic N) is 1. The van der Waals surface area contributed by atoms with Gasteiger partial charge in [0, 0.05) is 32.1 Å². The van der Waals surface area contributed by atoms with Crippen LogP contribution in [-0.4, -0.2) is 17.1 Å². The molecule has 5 heteroatoms. The van der Waals surface area contributed by atoms with Gasteiger partial charge in [-0.2, -0.15) is 0 Å². The molecule has 0 atom stereocenters. The van der Waals surface area contributed by atoms with E-state index in [0.29, 0.717) is 0 Å². The summed E-state index contributed by atoms with van der Waals surface area (Å²) in [6.07, 6.45) is 2.58. The lowest BCUT2D eigenvalue weighted by Gasteiger charge is -2.19. The summed E-state index contributed by atoms with van der Waals surface area (Å²) in [4.78, 5) is 4.35. The first-order valence-electron chi connectivity index (χ1n) is 6.50. The number of halogens is 2. The van der Waals surface area contributed by atoms with E-state index < -0.39 is 0 Å². The lowest BCUT2D eigenvalue weighted by molar-refractivity contribution is 0.412. The maximum atomic E-state index is 5.84. The van der Waals surface area contributed by atoms with Crippen molar-refractivity contribution in [1.29, 1.82) is 0 Å². The SMILES string of the molecule is CC(C)(C)NCCc1ncc(-c2cc(I)ccc2Br)o1. The fourth-order valence-corrected chi connectivity index (χ4v) is 2.71. The average Bonchev–Trinajstić information content (AvgIpc) is 2.79. The maximum Gasteiger partial charge on any atom is 0.196 e. The monoisotopic (exact) mass is 448 g/mol. The first-order chi connectivity index (χ1) is 9.35. The van der Waals surface area contributed by atoms with Gasteiger partial charge >= 0.3 is 0 Å². The topological polar surface area (TPSA) is 38.1 Å². The summed E-state index contributed by atoms with van der Waals surface area (Å²) in [6.45, 7) is 7.31. The lowest BCUT2D eigenvalue weighted by Crippen LogP contribution is -2.37. The van der Waals surface area contributed by atoms with E-state index in [2.05, 4.69) is 81.7 Å². The smallest absolute Gasteiger partial charge is 0.196 e. The van der Waals surface area contributed by atoms with Crippen molar-refractivity contribution in [3.8, 4) is 11.3 Å². The highest BCUT2D eigenvalue weighted by Gasteiger charge is 2.12. The van der Waals surface area contributed by atoms with Crippen molar-refractivity contribution < 1.29 is 4.42 Å². The van der Waals surface area contributed by atoms with Gasteiger partial charge in [0.15, 0.2) is 11.7 Å². The van der Waals surface area contributed by atoms with Gasteiger partial charge in [0.2, 0.25) is 0 Å². The van der Waals surface area contributed by atoms with Crippen LogP contribution in [0.15, 0.2) is 33.3 Å². The molecule has 20 heavy (non-hydrogen) atoms. The van der Waals surface area contributed by atoms with E-state index in [0.717, 1.165) is 34.7 Å². The van der Waals surface area contributed by atoms with Gasteiger partial charge in [-0.15, -0.1) is 0 Å². The molecule has 0 amide bonds. The second kappa shape index (κ2) is 6.58. The van der Waals surface area contributed by atoms with Crippen molar-refractivity contribution in [2.24, 2.45) is 0 Å². The molecule has 0 fully saturated rings. The third-order valence-electron chi connectivity index (χ3n) is 2.74. The minimum Gasteiger partial charge on any atom is -0.441 e. The molecule has 2 rings (SSSR count). The van der Waals surface area contributed by atoms with Gasteiger partial charge in [0.05, 0.1) is 6.20 Å². The first-order valence-corrected chi connectivity index (χ1v) is 8.37. The Bertz CT molecular complexity index is 590. The van der Waals surface area contributed by atoms with Crippen LogP contribution in [0.2, 0.25) is 0 Å². The van der Waals surface area contributed by atoms with Crippen LogP contribution in [0.1, 0.15) is 26.7 Å². The third kappa shape index (κ3) is 4.56. The molecule has 0 aliphatic rings. The minimum absolute atomic E-state index is 0.119. The van der Waals surface area contributed by atoms with Crippen LogP contribution < -0.4 is 5.32 Å². The van der Waals surface area contributed by atoms with Crippen molar-refractivity contribution in [3.05, 3.63) is 38.3 Å². The van der Waals surface area contributed by atoms with Gasteiger partial charge < -0.3 is 9.73 Å². The molecule has 0 aliphatic heterocycles. The Morgan fingerprint density at radius 2 is 2.10 bits per heavy atom. The van der Waals surface area contributed by atoms with Crippen LogP contribution in [0.5, 0.6) is 0 Å². The highest BCUT2D eigenvalue weighted by molar-refractivity contribution is 14.1. The van der Waals surface area contributed by atoms with Crippen molar-refractivity contribution in [1.82, 2.24) is 10.3 Å². The molecule has 1 aromatic heterocycles. The molecular weight excluding hydrogens is 431 g/mol. The van der Waals surface area contributed by atoms with Crippen LogP contribution in [0.25, 0.3) is 11.3 Å². The number of benzene rings is 1. The van der Waals surface area contributed by atoms with E-state index in [-0.39, 0.29) is 5.54 Å². The van der Waals surface area contributed by atoms with Crippen molar-refractivity contribution in [3.63, 3.8) is 0 Å². The quantitative estimate of drug-likeness (QED) is 0.692. The highest BCUT2D eigenvalue weighted by Crippen LogP contribution is 2.30. The second-order valence-corrected chi connectivity index (χ2v) is 7.77. The van der Waals surface area contributed by atoms with E-state index in [4.69, 9.17) is 4.42 Å². The summed E-state index contributed by atoms with van der Waals surface area (Å²) in [5.74, 6) is 1.57. The second-order valence-electron chi connectivity index (χ2n) is 5.67. The third-order valence-corrected chi connectivity index (χ3v) is 4.10. The summed E-state index contributed by atoms with van der Waals surface area (Å²) in [5.41, 5.74) is 1.16. The van der Waals surface area contributed by atoms with Gasteiger partial charge in [-0.3, -0.25) is 0 Å². The Morgan fingerprint density at radius 3 is 2.80 bits per heavy atom. The molecule has 0 saturated carbocycles. The van der Waals surface area contributed by atoms with Gasteiger partial charge in [-0.1, -0.05) is 15.9 Å². The van der Waals surface area contributed by atoms with Crippen LogP contribution in [0, 0.1) is 3.57 Å². The van der Waals surface area contributed by atoms with Gasteiger partial charge in [0.25, 0.3) is 0 Å². The molecule has 108 valence electrons. The summed E-state index contributed by atoms with van der Waals surface area (Å²) in [7, 11) is 0. The molecule has 0 saturated heterocycles. The van der Waals surface area contributed by atoms with E-state index in [1.54, 1.807) is 6.20 Å². The number of nitrogens with one attached hydrogen (secondary N) is 1. The van der Waals surface area contributed by atoms with Crippen molar-refractivity contribution in [2.75, 3.05) is 6.54 Å². The fraction of sp³-hybridized carbons (Fsp3) is 0.400.